The average Bonchev–Trinajstić information content (AvgIpc) is 2.58. The molecule has 1 saturated carbocycles. The molecule has 1 aromatic carbocycles. The maximum Gasteiger partial charge on any atom is 0.126 e. The average molecular weight is 340 g/mol. The number of hydrogen-bond acceptors (Lipinski definition) is 4. The Hall–Kier alpha value is -0.810. The van der Waals surface area contributed by atoms with Crippen molar-refractivity contribution in [2.75, 3.05) is 19.8 Å². The molecule has 3 atom stereocenters. The van der Waals surface area contributed by atoms with Gasteiger partial charge in [-0.3, -0.25) is 0 Å². The summed E-state index contributed by atoms with van der Waals surface area (Å²) < 4.78 is 11.4. The minimum Gasteiger partial charge on any atom is -0.488 e. The number of aliphatic hydroxyl groups is 1. The summed E-state index contributed by atoms with van der Waals surface area (Å²) in [4.78, 5) is 0. The maximum atomic E-state index is 10.6. The lowest BCUT2D eigenvalue weighted by atomic mass is 9.89. The number of rotatable bonds is 5. The van der Waals surface area contributed by atoms with Crippen LogP contribution in [-0.4, -0.2) is 43.1 Å². The van der Waals surface area contributed by atoms with Crippen LogP contribution in [0.5, 0.6) is 5.75 Å². The predicted octanol–water partition coefficient (Wildman–Crippen LogP) is 3.02. The summed E-state index contributed by atoms with van der Waals surface area (Å²) in [7, 11) is 0. The number of hydrogen-bond donors (Lipinski definition) is 2. The van der Waals surface area contributed by atoms with Gasteiger partial charge in [-0.05, 0) is 68.8 Å². The number of aliphatic hydroxyl groups excluding tert-OH is 1. The Morgan fingerprint density at radius 3 is 2.61 bits per heavy atom. The summed E-state index contributed by atoms with van der Waals surface area (Å²) in [6.45, 7) is 2.68. The van der Waals surface area contributed by atoms with Crippen molar-refractivity contribution in [3.63, 3.8) is 0 Å². The van der Waals surface area contributed by atoms with Crippen LogP contribution in [0.15, 0.2) is 24.3 Å². The minimum absolute atomic E-state index is 0.115. The van der Waals surface area contributed by atoms with Gasteiger partial charge in [0, 0.05) is 24.3 Å². The normalized spacial score (nSPS) is 29.4. The first-order chi connectivity index (χ1) is 11.2. The molecule has 128 valence electrons. The van der Waals surface area contributed by atoms with E-state index in [0.29, 0.717) is 10.9 Å². The van der Waals surface area contributed by atoms with Crippen molar-refractivity contribution in [2.45, 2.75) is 50.4 Å². The molecule has 0 bridgehead atoms. The molecule has 2 fully saturated rings. The molecule has 0 unspecified atom stereocenters. The molecular formula is C18H26ClNO3. The summed E-state index contributed by atoms with van der Waals surface area (Å²) in [5.41, 5.74) is 0. The van der Waals surface area contributed by atoms with Crippen LogP contribution in [0.3, 0.4) is 0 Å². The van der Waals surface area contributed by atoms with Crippen molar-refractivity contribution in [1.82, 2.24) is 5.32 Å². The molecule has 1 heterocycles. The third-order valence-electron chi connectivity index (χ3n) is 4.91. The van der Waals surface area contributed by atoms with Crippen LogP contribution in [-0.2, 0) is 4.74 Å². The lowest BCUT2D eigenvalue weighted by molar-refractivity contribution is -0.0178. The van der Waals surface area contributed by atoms with Crippen molar-refractivity contribution in [1.29, 1.82) is 0 Å². The van der Waals surface area contributed by atoms with Crippen LogP contribution in [0.2, 0.25) is 5.02 Å². The monoisotopic (exact) mass is 339 g/mol. The van der Waals surface area contributed by atoms with Crippen molar-refractivity contribution in [3.05, 3.63) is 29.3 Å². The molecule has 1 aliphatic heterocycles. The van der Waals surface area contributed by atoms with Gasteiger partial charge in [0.15, 0.2) is 0 Å². The predicted molar refractivity (Wildman–Crippen MR) is 91.1 cm³/mol. The zero-order valence-electron chi connectivity index (χ0n) is 13.4. The van der Waals surface area contributed by atoms with Gasteiger partial charge in [-0.1, -0.05) is 11.6 Å². The van der Waals surface area contributed by atoms with E-state index in [1.807, 2.05) is 24.3 Å². The van der Waals surface area contributed by atoms with Gasteiger partial charge in [0.1, 0.15) is 18.0 Å². The van der Waals surface area contributed by atoms with Gasteiger partial charge in [-0.15, -0.1) is 0 Å². The standard InChI is InChI=1S/C18H26ClNO3/c19-14-4-6-15(7-5-14)23-17-3-1-2-16(18(17)21)20-12-13-8-10-22-11-9-13/h4-7,13,16-18,20-21H,1-3,8-12H2/t16-,17+,18+/m0/s1. The Labute approximate surface area is 143 Å². The molecule has 1 aliphatic carbocycles. The van der Waals surface area contributed by atoms with E-state index in [0.717, 1.165) is 57.6 Å². The van der Waals surface area contributed by atoms with Crippen molar-refractivity contribution >= 4 is 11.6 Å². The lowest BCUT2D eigenvalue weighted by Crippen LogP contribution is -2.52. The summed E-state index contributed by atoms with van der Waals surface area (Å²) in [5.74, 6) is 1.43. The van der Waals surface area contributed by atoms with Gasteiger partial charge < -0.3 is 19.9 Å². The van der Waals surface area contributed by atoms with E-state index < -0.39 is 6.10 Å². The van der Waals surface area contributed by atoms with Gasteiger partial charge >= 0.3 is 0 Å². The largest absolute Gasteiger partial charge is 0.488 e. The second kappa shape index (κ2) is 8.34. The van der Waals surface area contributed by atoms with E-state index in [4.69, 9.17) is 21.1 Å². The highest BCUT2D eigenvalue weighted by Gasteiger charge is 2.33. The molecule has 0 spiro atoms. The molecule has 5 heteroatoms. The summed E-state index contributed by atoms with van der Waals surface area (Å²) in [6.07, 6.45) is 4.56. The van der Waals surface area contributed by atoms with Crippen molar-refractivity contribution in [3.8, 4) is 5.75 Å². The van der Waals surface area contributed by atoms with E-state index in [1.54, 1.807) is 0 Å². The first-order valence-corrected chi connectivity index (χ1v) is 9.01. The van der Waals surface area contributed by atoms with Crippen molar-refractivity contribution in [2.24, 2.45) is 5.92 Å². The molecule has 1 aromatic rings. The van der Waals surface area contributed by atoms with Gasteiger partial charge in [0.05, 0.1) is 0 Å². The van der Waals surface area contributed by atoms with Crippen LogP contribution in [0, 0.1) is 5.92 Å². The topological polar surface area (TPSA) is 50.7 Å². The fourth-order valence-electron chi connectivity index (χ4n) is 3.45. The maximum absolute atomic E-state index is 10.6. The molecule has 0 radical (unpaired) electrons. The van der Waals surface area contributed by atoms with Gasteiger partial charge in [0.2, 0.25) is 0 Å². The second-order valence-corrected chi connectivity index (χ2v) is 7.04. The number of ether oxygens (including phenoxy) is 2. The first kappa shape index (κ1) is 17.0. The fraction of sp³-hybridized carbons (Fsp3) is 0.667. The molecule has 1 saturated heterocycles. The molecular weight excluding hydrogens is 314 g/mol. The van der Waals surface area contributed by atoms with Crippen LogP contribution in [0.25, 0.3) is 0 Å². The Morgan fingerprint density at radius 2 is 1.87 bits per heavy atom. The van der Waals surface area contributed by atoms with E-state index in [2.05, 4.69) is 5.32 Å². The highest BCUT2D eigenvalue weighted by Crippen LogP contribution is 2.26. The van der Waals surface area contributed by atoms with E-state index in [9.17, 15) is 5.11 Å². The minimum atomic E-state index is -0.473. The molecule has 2 N–H and O–H groups in total. The highest BCUT2D eigenvalue weighted by molar-refractivity contribution is 6.30. The Morgan fingerprint density at radius 1 is 1.13 bits per heavy atom. The molecule has 23 heavy (non-hydrogen) atoms. The zero-order valence-corrected chi connectivity index (χ0v) is 14.2. The summed E-state index contributed by atoms with van der Waals surface area (Å²) in [6, 6.07) is 7.45. The number of nitrogens with one attached hydrogen (secondary N) is 1. The molecule has 3 rings (SSSR count). The van der Waals surface area contributed by atoms with E-state index in [1.165, 1.54) is 0 Å². The Balaban J connectivity index is 1.50. The van der Waals surface area contributed by atoms with E-state index in [-0.39, 0.29) is 12.1 Å². The Kier molecular flexibility index (Phi) is 6.17. The molecule has 4 nitrogen and oxygen atoms in total. The Bertz CT molecular complexity index is 476. The summed E-state index contributed by atoms with van der Waals surface area (Å²) in [5, 5.41) is 14.9. The molecule has 2 aliphatic rings. The first-order valence-electron chi connectivity index (χ1n) is 8.64. The quantitative estimate of drug-likeness (QED) is 0.865. The van der Waals surface area contributed by atoms with Gasteiger partial charge in [0.25, 0.3) is 0 Å². The van der Waals surface area contributed by atoms with Crippen LogP contribution >= 0.6 is 11.6 Å². The van der Waals surface area contributed by atoms with Crippen molar-refractivity contribution < 1.29 is 14.6 Å². The van der Waals surface area contributed by atoms with Crippen LogP contribution < -0.4 is 10.1 Å². The van der Waals surface area contributed by atoms with Crippen LogP contribution in [0.1, 0.15) is 32.1 Å². The molecule has 0 aromatic heterocycles. The van der Waals surface area contributed by atoms with Crippen LogP contribution in [0.4, 0.5) is 0 Å². The highest BCUT2D eigenvalue weighted by atomic mass is 35.5. The number of benzene rings is 1. The SMILES string of the molecule is O[C@@H]1[C@@H](NCC2CCOCC2)CCC[C@H]1Oc1ccc(Cl)cc1. The summed E-state index contributed by atoms with van der Waals surface area (Å²) >= 11 is 5.90. The van der Waals surface area contributed by atoms with Gasteiger partial charge in [-0.2, -0.15) is 0 Å². The zero-order chi connectivity index (χ0) is 16.1. The number of halogens is 1. The second-order valence-electron chi connectivity index (χ2n) is 6.60. The molecule has 0 amide bonds. The van der Waals surface area contributed by atoms with E-state index >= 15 is 0 Å². The smallest absolute Gasteiger partial charge is 0.126 e. The third-order valence-corrected chi connectivity index (χ3v) is 5.16. The fourth-order valence-corrected chi connectivity index (χ4v) is 3.57. The lowest BCUT2D eigenvalue weighted by Gasteiger charge is -2.36. The third kappa shape index (κ3) is 4.83. The van der Waals surface area contributed by atoms with Gasteiger partial charge in [-0.25, -0.2) is 0 Å².